The fraction of sp³-hybridized carbons (Fsp3) is 0.611. The van der Waals surface area contributed by atoms with Crippen LogP contribution in [0, 0.1) is 11.8 Å². The molecule has 1 saturated heterocycles. The van der Waals surface area contributed by atoms with Crippen LogP contribution in [-0.2, 0) is 0 Å². The maximum absolute atomic E-state index is 12.8. The number of carbonyl (C=O) groups is 1. The summed E-state index contributed by atoms with van der Waals surface area (Å²) in [4.78, 5) is 14.7. The van der Waals surface area contributed by atoms with Gasteiger partial charge >= 0.3 is 0 Å². The van der Waals surface area contributed by atoms with E-state index in [0.717, 1.165) is 38.3 Å². The molecule has 1 heterocycles. The zero-order valence-corrected chi connectivity index (χ0v) is 14.6. The predicted octanol–water partition coefficient (Wildman–Crippen LogP) is 3.10. The van der Waals surface area contributed by atoms with Crippen molar-refractivity contribution in [3.05, 3.63) is 29.8 Å². The van der Waals surface area contributed by atoms with Gasteiger partial charge in [-0.25, -0.2) is 0 Å². The molecule has 1 aromatic carbocycles. The van der Waals surface area contributed by atoms with Crippen LogP contribution in [0.3, 0.4) is 0 Å². The van der Waals surface area contributed by atoms with E-state index in [0.29, 0.717) is 17.4 Å². The van der Waals surface area contributed by atoms with E-state index >= 15 is 0 Å². The first-order valence-corrected chi connectivity index (χ1v) is 8.42. The molecular formula is C18H27ClN2O2. The number of carbonyl (C=O) groups excluding carboxylic acids is 1. The molecule has 3 rings (SSSR count). The van der Waals surface area contributed by atoms with Crippen molar-refractivity contribution in [1.29, 1.82) is 0 Å². The Morgan fingerprint density at radius 1 is 1.26 bits per heavy atom. The Bertz CT molecular complexity index is 524. The van der Waals surface area contributed by atoms with Gasteiger partial charge in [-0.15, -0.1) is 12.4 Å². The third kappa shape index (κ3) is 4.61. The number of para-hydroxylation sites is 1. The Labute approximate surface area is 144 Å². The Morgan fingerprint density at radius 3 is 2.52 bits per heavy atom. The van der Waals surface area contributed by atoms with E-state index in [9.17, 15) is 4.79 Å². The molecule has 1 aliphatic carbocycles. The molecule has 0 aromatic heterocycles. The van der Waals surface area contributed by atoms with Gasteiger partial charge in [-0.3, -0.25) is 4.79 Å². The first kappa shape index (κ1) is 18.1. The summed E-state index contributed by atoms with van der Waals surface area (Å²) in [6.07, 6.45) is 4.49. The molecule has 1 unspecified atom stereocenters. The average molecular weight is 339 g/mol. The summed E-state index contributed by atoms with van der Waals surface area (Å²) in [5.74, 6) is 2.04. The second-order valence-electron chi connectivity index (χ2n) is 6.74. The van der Waals surface area contributed by atoms with Crippen LogP contribution in [0.25, 0.3) is 0 Å². The molecule has 2 fully saturated rings. The van der Waals surface area contributed by atoms with E-state index in [-0.39, 0.29) is 24.4 Å². The molecule has 2 aliphatic rings. The third-order valence-electron chi connectivity index (χ3n) is 4.86. The average Bonchev–Trinajstić information content (AvgIpc) is 3.37. The molecule has 1 amide bonds. The Morgan fingerprint density at radius 2 is 1.91 bits per heavy atom. The maximum atomic E-state index is 12.8. The number of benzene rings is 1. The van der Waals surface area contributed by atoms with Crippen LogP contribution in [0.1, 0.15) is 43.0 Å². The fourth-order valence-corrected chi connectivity index (χ4v) is 3.06. The van der Waals surface area contributed by atoms with Gasteiger partial charge in [0.05, 0.1) is 12.2 Å². The molecule has 0 bridgehead atoms. The lowest BCUT2D eigenvalue weighted by molar-refractivity contribution is 0.0676. The van der Waals surface area contributed by atoms with E-state index in [1.54, 1.807) is 0 Å². The molecule has 0 spiro atoms. The first-order valence-electron chi connectivity index (χ1n) is 8.42. The molecular weight excluding hydrogens is 312 g/mol. The van der Waals surface area contributed by atoms with Gasteiger partial charge < -0.3 is 15.4 Å². The predicted molar refractivity (Wildman–Crippen MR) is 94.2 cm³/mol. The van der Waals surface area contributed by atoms with Gasteiger partial charge in [-0.2, -0.15) is 0 Å². The lowest BCUT2D eigenvalue weighted by Crippen LogP contribution is -2.42. The summed E-state index contributed by atoms with van der Waals surface area (Å²) < 4.78 is 5.86. The Kier molecular flexibility index (Phi) is 6.31. The topological polar surface area (TPSA) is 55.6 Å². The van der Waals surface area contributed by atoms with Crippen LogP contribution in [0.2, 0.25) is 0 Å². The van der Waals surface area contributed by atoms with Crippen LogP contribution in [0.4, 0.5) is 0 Å². The highest BCUT2D eigenvalue weighted by atomic mass is 35.5. The van der Waals surface area contributed by atoms with Crippen molar-refractivity contribution >= 4 is 18.3 Å². The molecule has 1 aliphatic heterocycles. The number of nitrogens with two attached hydrogens (primary N) is 1. The maximum Gasteiger partial charge on any atom is 0.257 e. The van der Waals surface area contributed by atoms with Gasteiger partial charge in [-0.05, 0) is 56.6 Å². The zero-order chi connectivity index (χ0) is 15.5. The molecule has 128 valence electrons. The normalized spacial score (nSPS) is 19.8. The molecule has 2 N–H and O–H groups in total. The lowest BCUT2D eigenvalue weighted by atomic mass is 9.90. The molecule has 5 heteroatoms. The molecule has 1 atom stereocenters. The standard InChI is InChI=1S/C18H26N2O2.ClH/c1-13(19)15-8-10-20(11-9-15)18(21)16-4-2-3-5-17(16)22-12-14-6-7-14;/h2-5,13-15H,6-12,19H2,1H3;1H. The molecule has 23 heavy (non-hydrogen) atoms. The van der Waals surface area contributed by atoms with Crippen molar-refractivity contribution in [2.75, 3.05) is 19.7 Å². The second-order valence-corrected chi connectivity index (χ2v) is 6.74. The fourth-order valence-electron chi connectivity index (χ4n) is 3.06. The van der Waals surface area contributed by atoms with Crippen LogP contribution in [0.5, 0.6) is 5.75 Å². The van der Waals surface area contributed by atoms with Crippen LogP contribution < -0.4 is 10.5 Å². The number of piperidine rings is 1. The van der Waals surface area contributed by atoms with E-state index in [2.05, 4.69) is 6.92 Å². The highest BCUT2D eigenvalue weighted by Gasteiger charge is 2.27. The number of ether oxygens (including phenoxy) is 1. The summed E-state index contributed by atoms with van der Waals surface area (Å²) in [7, 11) is 0. The van der Waals surface area contributed by atoms with Gasteiger partial charge in [0, 0.05) is 19.1 Å². The number of likely N-dealkylation sites (tertiary alicyclic amines) is 1. The second kappa shape index (κ2) is 8.02. The highest BCUT2D eigenvalue weighted by molar-refractivity contribution is 5.97. The van der Waals surface area contributed by atoms with Crippen LogP contribution >= 0.6 is 12.4 Å². The highest BCUT2D eigenvalue weighted by Crippen LogP contribution is 2.31. The molecule has 4 nitrogen and oxygen atoms in total. The number of amides is 1. The minimum Gasteiger partial charge on any atom is -0.492 e. The van der Waals surface area contributed by atoms with Gasteiger partial charge in [0.15, 0.2) is 0 Å². The lowest BCUT2D eigenvalue weighted by Gasteiger charge is -2.34. The number of rotatable bonds is 5. The number of nitrogens with zero attached hydrogens (tertiary/aromatic N) is 1. The zero-order valence-electron chi connectivity index (χ0n) is 13.7. The Hall–Kier alpha value is -1.26. The number of hydrogen-bond acceptors (Lipinski definition) is 3. The van der Waals surface area contributed by atoms with Gasteiger partial charge in [0.2, 0.25) is 0 Å². The SMILES string of the molecule is CC(N)C1CCN(C(=O)c2ccccc2OCC2CC2)CC1.Cl. The summed E-state index contributed by atoms with van der Waals surface area (Å²) >= 11 is 0. The summed E-state index contributed by atoms with van der Waals surface area (Å²) in [5, 5.41) is 0. The van der Waals surface area contributed by atoms with E-state index in [1.807, 2.05) is 29.2 Å². The van der Waals surface area contributed by atoms with Crippen LogP contribution in [-0.4, -0.2) is 36.5 Å². The van der Waals surface area contributed by atoms with Crippen LogP contribution in [0.15, 0.2) is 24.3 Å². The van der Waals surface area contributed by atoms with E-state index in [1.165, 1.54) is 12.8 Å². The molecule has 1 aromatic rings. The van der Waals surface area contributed by atoms with Crippen molar-refractivity contribution in [3.63, 3.8) is 0 Å². The monoisotopic (exact) mass is 338 g/mol. The summed E-state index contributed by atoms with van der Waals surface area (Å²) in [5.41, 5.74) is 6.67. The molecule has 1 saturated carbocycles. The Balaban J connectivity index is 0.00000192. The summed E-state index contributed by atoms with van der Waals surface area (Å²) in [6.45, 7) is 4.38. The van der Waals surface area contributed by atoms with E-state index < -0.39 is 0 Å². The smallest absolute Gasteiger partial charge is 0.257 e. The minimum atomic E-state index is 0. The quantitative estimate of drug-likeness (QED) is 0.897. The van der Waals surface area contributed by atoms with Crippen molar-refractivity contribution in [2.24, 2.45) is 17.6 Å². The number of hydrogen-bond donors (Lipinski definition) is 1. The minimum absolute atomic E-state index is 0. The van der Waals surface area contributed by atoms with Crippen molar-refractivity contribution in [3.8, 4) is 5.75 Å². The van der Waals surface area contributed by atoms with Gasteiger partial charge in [0.25, 0.3) is 5.91 Å². The van der Waals surface area contributed by atoms with E-state index in [4.69, 9.17) is 10.5 Å². The third-order valence-corrected chi connectivity index (χ3v) is 4.86. The van der Waals surface area contributed by atoms with Gasteiger partial charge in [-0.1, -0.05) is 12.1 Å². The van der Waals surface area contributed by atoms with Gasteiger partial charge in [0.1, 0.15) is 5.75 Å². The van der Waals surface area contributed by atoms with Crippen molar-refractivity contribution in [2.45, 2.75) is 38.6 Å². The first-order chi connectivity index (χ1) is 10.6. The molecule has 0 radical (unpaired) electrons. The van der Waals surface area contributed by atoms with Crippen molar-refractivity contribution in [1.82, 2.24) is 4.90 Å². The largest absolute Gasteiger partial charge is 0.492 e. The van der Waals surface area contributed by atoms with Crippen molar-refractivity contribution < 1.29 is 9.53 Å². The number of halogens is 1. The summed E-state index contributed by atoms with van der Waals surface area (Å²) in [6, 6.07) is 7.84.